The molecule has 3 rings (SSSR count). The van der Waals surface area contributed by atoms with Gasteiger partial charge in [0.25, 0.3) is 0 Å². The highest BCUT2D eigenvalue weighted by Crippen LogP contribution is 2.30. The second kappa shape index (κ2) is 5.94. The summed E-state index contributed by atoms with van der Waals surface area (Å²) < 4.78 is 11.9. The number of ether oxygens (including phenoxy) is 2. The van der Waals surface area contributed by atoms with E-state index in [1.54, 1.807) is 14.2 Å². The highest BCUT2D eigenvalue weighted by molar-refractivity contribution is 5.81. The van der Waals surface area contributed by atoms with E-state index in [0.29, 0.717) is 17.9 Å². The molecule has 2 heterocycles. The van der Waals surface area contributed by atoms with Crippen molar-refractivity contribution < 1.29 is 9.47 Å². The van der Waals surface area contributed by atoms with Gasteiger partial charge in [0.2, 0.25) is 0 Å². The van der Waals surface area contributed by atoms with Crippen LogP contribution in [0.5, 0.6) is 5.75 Å². The predicted octanol–water partition coefficient (Wildman–Crippen LogP) is 2.01. The van der Waals surface area contributed by atoms with Crippen LogP contribution in [0.15, 0.2) is 30.5 Å². The van der Waals surface area contributed by atoms with Gasteiger partial charge in [0, 0.05) is 7.11 Å². The van der Waals surface area contributed by atoms with Gasteiger partial charge in [-0.2, -0.15) is 14.9 Å². The second-order valence-corrected chi connectivity index (χ2v) is 4.89. The normalized spacial score (nSPS) is 10.7. The lowest BCUT2D eigenvalue weighted by atomic mass is 10.1. The Balaban J connectivity index is 2.26. The molecule has 2 N–H and O–H groups in total. The summed E-state index contributed by atoms with van der Waals surface area (Å²) in [4.78, 5) is 4.35. The Bertz CT molecular complexity index is 893. The maximum Gasteiger partial charge on any atom is 0.165 e. The summed E-state index contributed by atoms with van der Waals surface area (Å²) in [5.74, 6) is 1.02. The molecule has 0 amide bonds. The van der Waals surface area contributed by atoms with Gasteiger partial charge in [-0.1, -0.05) is 12.1 Å². The van der Waals surface area contributed by atoms with Crippen LogP contribution in [0.2, 0.25) is 0 Å². The molecule has 23 heavy (non-hydrogen) atoms. The number of fused-ring (bicyclic) bond motifs is 1. The van der Waals surface area contributed by atoms with Gasteiger partial charge < -0.3 is 15.2 Å². The highest BCUT2D eigenvalue weighted by atomic mass is 16.5. The Hall–Kier alpha value is -3.11. The number of hydrogen-bond acceptors (Lipinski definition) is 6. The average Bonchev–Trinajstić information content (AvgIpc) is 2.95. The molecule has 0 unspecified atom stereocenters. The van der Waals surface area contributed by atoms with Gasteiger partial charge in [-0.25, -0.2) is 4.98 Å². The van der Waals surface area contributed by atoms with E-state index in [0.717, 1.165) is 16.9 Å². The monoisotopic (exact) mass is 309 g/mol. The fourth-order valence-electron chi connectivity index (χ4n) is 2.42. The minimum atomic E-state index is 0.259. The van der Waals surface area contributed by atoms with Crippen LogP contribution in [0.25, 0.3) is 16.8 Å². The summed E-state index contributed by atoms with van der Waals surface area (Å²) in [5.41, 5.74) is 9.32. The Labute approximate surface area is 132 Å². The number of nitriles is 1. The Morgan fingerprint density at radius 1 is 1.26 bits per heavy atom. The number of aromatic nitrogens is 3. The van der Waals surface area contributed by atoms with Crippen LogP contribution in [0.4, 0.5) is 5.82 Å². The Kier molecular flexibility index (Phi) is 3.83. The van der Waals surface area contributed by atoms with Gasteiger partial charge >= 0.3 is 0 Å². The Morgan fingerprint density at radius 2 is 2.00 bits per heavy atom. The molecule has 0 bridgehead atoms. The number of benzene rings is 1. The van der Waals surface area contributed by atoms with Crippen LogP contribution in [0.1, 0.15) is 11.3 Å². The minimum Gasteiger partial charge on any atom is -0.497 e. The van der Waals surface area contributed by atoms with Crippen molar-refractivity contribution in [3.05, 3.63) is 41.7 Å². The zero-order valence-electron chi connectivity index (χ0n) is 12.8. The molecule has 1 aromatic carbocycles. The number of hydrogen-bond donors (Lipinski definition) is 1. The lowest BCUT2D eigenvalue weighted by Gasteiger charge is -2.05. The summed E-state index contributed by atoms with van der Waals surface area (Å²) in [5, 5.41) is 13.5. The van der Waals surface area contributed by atoms with Gasteiger partial charge in [0.1, 0.15) is 23.2 Å². The summed E-state index contributed by atoms with van der Waals surface area (Å²) >= 11 is 0. The molecule has 3 aromatic rings. The van der Waals surface area contributed by atoms with Crippen LogP contribution in [0, 0.1) is 11.3 Å². The maximum atomic E-state index is 9.08. The molecule has 0 saturated carbocycles. The van der Waals surface area contributed by atoms with Crippen LogP contribution in [0.3, 0.4) is 0 Å². The smallest absolute Gasteiger partial charge is 0.165 e. The molecule has 7 heteroatoms. The molecule has 0 atom stereocenters. The molecule has 0 aliphatic rings. The van der Waals surface area contributed by atoms with Crippen LogP contribution >= 0.6 is 0 Å². The quantitative estimate of drug-likeness (QED) is 0.791. The van der Waals surface area contributed by atoms with Crippen molar-refractivity contribution in [1.82, 2.24) is 14.6 Å². The lowest BCUT2D eigenvalue weighted by Crippen LogP contribution is -2.03. The fraction of sp³-hybridized carbons (Fsp3) is 0.188. The summed E-state index contributed by atoms with van der Waals surface area (Å²) in [6.45, 7) is 0.312. The number of methoxy groups -OCH3 is 2. The van der Waals surface area contributed by atoms with Crippen molar-refractivity contribution in [2.45, 2.75) is 6.61 Å². The molecular weight excluding hydrogens is 294 g/mol. The topological polar surface area (TPSA) is 98.5 Å². The third kappa shape index (κ3) is 2.45. The van der Waals surface area contributed by atoms with Crippen molar-refractivity contribution in [1.29, 1.82) is 5.26 Å². The van der Waals surface area contributed by atoms with E-state index in [2.05, 4.69) is 10.1 Å². The van der Waals surface area contributed by atoms with Gasteiger partial charge in [0.05, 0.1) is 31.2 Å². The predicted molar refractivity (Wildman–Crippen MR) is 84.8 cm³/mol. The standard InChI is InChI=1S/C16H15N5O2/c1-22-9-13-14(10-3-5-12(23-2)6-4-10)16-19-8-11(7-17)15(18)21(16)20-13/h3-6,8H,9,18H2,1-2H3. The first-order chi connectivity index (χ1) is 11.2. The number of rotatable bonds is 4. The molecular formula is C16H15N5O2. The SMILES string of the molecule is COCc1nn2c(N)c(C#N)cnc2c1-c1ccc(OC)cc1. The molecule has 7 nitrogen and oxygen atoms in total. The Morgan fingerprint density at radius 3 is 2.61 bits per heavy atom. The molecule has 0 saturated heterocycles. The largest absolute Gasteiger partial charge is 0.497 e. The van der Waals surface area contributed by atoms with E-state index in [1.807, 2.05) is 30.3 Å². The molecule has 116 valence electrons. The number of nitrogens with two attached hydrogens (primary N) is 1. The first kappa shape index (κ1) is 14.8. The zero-order valence-corrected chi connectivity index (χ0v) is 12.8. The average molecular weight is 309 g/mol. The zero-order chi connectivity index (χ0) is 16.4. The van der Waals surface area contributed by atoms with Crippen molar-refractivity contribution in [3.8, 4) is 22.9 Å². The summed E-state index contributed by atoms with van der Waals surface area (Å²) in [6, 6.07) is 9.58. The first-order valence-corrected chi connectivity index (χ1v) is 6.89. The maximum absolute atomic E-state index is 9.08. The van der Waals surface area contributed by atoms with Crippen LogP contribution in [-0.2, 0) is 11.3 Å². The second-order valence-electron chi connectivity index (χ2n) is 4.89. The first-order valence-electron chi connectivity index (χ1n) is 6.89. The van der Waals surface area contributed by atoms with E-state index in [9.17, 15) is 0 Å². The van der Waals surface area contributed by atoms with E-state index in [-0.39, 0.29) is 11.4 Å². The molecule has 0 aliphatic carbocycles. The van der Waals surface area contributed by atoms with Crippen molar-refractivity contribution in [2.24, 2.45) is 0 Å². The molecule has 0 fully saturated rings. The number of anilines is 1. The summed E-state index contributed by atoms with van der Waals surface area (Å²) in [6.07, 6.45) is 1.45. The van der Waals surface area contributed by atoms with E-state index in [4.69, 9.17) is 20.5 Å². The lowest BCUT2D eigenvalue weighted by molar-refractivity contribution is 0.181. The summed E-state index contributed by atoms with van der Waals surface area (Å²) in [7, 11) is 3.21. The number of nitrogen functional groups attached to an aromatic ring is 1. The minimum absolute atomic E-state index is 0.259. The van der Waals surface area contributed by atoms with Crippen molar-refractivity contribution in [2.75, 3.05) is 20.0 Å². The molecule has 2 aromatic heterocycles. The molecule has 0 aliphatic heterocycles. The van der Waals surface area contributed by atoms with E-state index in [1.165, 1.54) is 10.7 Å². The van der Waals surface area contributed by atoms with Crippen LogP contribution in [-0.4, -0.2) is 28.8 Å². The van der Waals surface area contributed by atoms with Gasteiger partial charge in [-0.15, -0.1) is 0 Å². The third-order valence-electron chi connectivity index (χ3n) is 3.53. The molecule has 0 radical (unpaired) electrons. The van der Waals surface area contributed by atoms with E-state index < -0.39 is 0 Å². The van der Waals surface area contributed by atoms with Crippen molar-refractivity contribution in [3.63, 3.8) is 0 Å². The van der Waals surface area contributed by atoms with Gasteiger partial charge in [-0.3, -0.25) is 0 Å². The van der Waals surface area contributed by atoms with Gasteiger partial charge in [0.15, 0.2) is 5.65 Å². The molecule has 0 spiro atoms. The third-order valence-corrected chi connectivity index (χ3v) is 3.53. The van der Waals surface area contributed by atoms with Crippen molar-refractivity contribution >= 4 is 11.5 Å². The number of nitrogens with zero attached hydrogens (tertiary/aromatic N) is 4. The fourth-order valence-corrected chi connectivity index (χ4v) is 2.42. The highest BCUT2D eigenvalue weighted by Gasteiger charge is 2.18. The van der Waals surface area contributed by atoms with E-state index >= 15 is 0 Å². The van der Waals surface area contributed by atoms with Crippen LogP contribution < -0.4 is 10.5 Å². The van der Waals surface area contributed by atoms with Gasteiger partial charge in [-0.05, 0) is 17.7 Å².